The van der Waals surface area contributed by atoms with Crippen molar-refractivity contribution in [2.75, 3.05) is 32.7 Å². The zero-order valence-corrected chi connectivity index (χ0v) is 19.2. The molecule has 10 heteroatoms. The molecule has 0 bridgehead atoms. The van der Waals surface area contributed by atoms with Gasteiger partial charge in [-0.15, -0.1) is 0 Å². The van der Waals surface area contributed by atoms with Crippen molar-refractivity contribution in [2.24, 2.45) is 0 Å². The van der Waals surface area contributed by atoms with E-state index in [-0.39, 0.29) is 12.5 Å². The third kappa shape index (κ3) is 6.58. The van der Waals surface area contributed by atoms with Crippen LogP contribution in [0.15, 0.2) is 59.4 Å². The number of carbonyl (C=O) groups excluding carboxylic acids is 2. The van der Waals surface area contributed by atoms with Gasteiger partial charge in [0.05, 0.1) is 26.5 Å². The zero-order valence-electron chi connectivity index (χ0n) is 19.2. The molecular formula is C24H26N4O6. The first kappa shape index (κ1) is 24.3. The summed E-state index contributed by atoms with van der Waals surface area (Å²) < 4.78 is 17.3. The molecule has 3 aromatic rings. The predicted octanol–water partition coefficient (Wildman–Crippen LogP) is 2.08. The van der Waals surface area contributed by atoms with Crippen LogP contribution in [0, 0.1) is 0 Å². The van der Waals surface area contributed by atoms with E-state index in [1.165, 1.54) is 20.1 Å². The maximum absolute atomic E-state index is 12.5. The van der Waals surface area contributed by atoms with Gasteiger partial charge in [-0.3, -0.25) is 14.4 Å². The summed E-state index contributed by atoms with van der Waals surface area (Å²) in [7, 11) is 3.09. The molecule has 178 valence electrons. The number of nitrogens with one attached hydrogen (secondary N) is 2. The number of carbonyl (C=O) groups is 2. The summed E-state index contributed by atoms with van der Waals surface area (Å²) in [5.41, 5.74) is 1.22. The molecule has 0 unspecified atom stereocenters. The minimum Gasteiger partial charge on any atom is -0.497 e. The van der Waals surface area contributed by atoms with Gasteiger partial charge >= 0.3 is 0 Å². The van der Waals surface area contributed by atoms with Gasteiger partial charge in [0, 0.05) is 24.2 Å². The van der Waals surface area contributed by atoms with E-state index in [4.69, 9.17) is 14.2 Å². The Kier molecular flexibility index (Phi) is 8.22. The second-order valence-corrected chi connectivity index (χ2v) is 7.18. The van der Waals surface area contributed by atoms with E-state index in [1.54, 1.807) is 55.6 Å². The predicted molar refractivity (Wildman–Crippen MR) is 126 cm³/mol. The zero-order chi connectivity index (χ0) is 24.5. The molecular weight excluding hydrogens is 440 g/mol. The molecule has 2 N–H and O–H groups in total. The number of nitrogens with zero attached hydrogens (tertiary/aromatic N) is 2. The van der Waals surface area contributed by atoms with E-state index in [0.29, 0.717) is 47.3 Å². The maximum atomic E-state index is 12.5. The molecule has 0 aliphatic heterocycles. The number of anilines is 1. The summed E-state index contributed by atoms with van der Waals surface area (Å²) >= 11 is 0. The van der Waals surface area contributed by atoms with Gasteiger partial charge in [0.1, 0.15) is 30.4 Å². The molecule has 0 aliphatic carbocycles. The highest BCUT2D eigenvalue weighted by Gasteiger charge is 2.13. The lowest BCUT2D eigenvalue weighted by atomic mass is 10.1. The highest BCUT2D eigenvalue weighted by atomic mass is 16.5. The Morgan fingerprint density at radius 3 is 2.38 bits per heavy atom. The van der Waals surface area contributed by atoms with Crippen LogP contribution in [-0.2, 0) is 16.1 Å². The van der Waals surface area contributed by atoms with Crippen LogP contribution in [0.3, 0.4) is 0 Å². The highest BCUT2D eigenvalue weighted by Crippen LogP contribution is 2.31. The molecule has 3 rings (SSSR count). The quantitative estimate of drug-likeness (QED) is 0.439. The van der Waals surface area contributed by atoms with Crippen molar-refractivity contribution in [3.8, 4) is 28.5 Å². The number of hydrogen-bond donors (Lipinski definition) is 2. The number of benzene rings is 2. The topological polar surface area (TPSA) is 121 Å². The van der Waals surface area contributed by atoms with Crippen molar-refractivity contribution in [1.29, 1.82) is 0 Å². The number of ether oxygens (including phenoxy) is 3. The molecule has 34 heavy (non-hydrogen) atoms. The van der Waals surface area contributed by atoms with Crippen LogP contribution in [0.4, 0.5) is 5.69 Å². The summed E-state index contributed by atoms with van der Waals surface area (Å²) in [5.74, 6) is 1.23. The molecule has 2 aromatic carbocycles. The first-order valence-corrected chi connectivity index (χ1v) is 10.5. The Labute approximate surface area is 196 Å². The Hall–Kier alpha value is -4.34. The minimum atomic E-state index is -0.413. The van der Waals surface area contributed by atoms with Gasteiger partial charge in [-0.2, -0.15) is 5.10 Å². The monoisotopic (exact) mass is 466 g/mol. The van der Waals surface area contributed by atoms with Crippen LogP contribution >= 0.6 is 0 Å². The minimum absolute atomic E-state index is 0.122. The molecule has 0 saturated heterocycles. The second-order valence-electron chi connectivity index (χ2n) is 7.18. The van der Waals surface area contributed by atoms with E-state index in [0.717, 1.165) is 4.68 Å². The van der Waals surface area contributed by atoms with Gasteiger partial charge in [-0.25, -0.2) is 4.68 Å². The number of rotatable bonds is 10. The molecule has 1 aromatic heterocycles. The molecule has 0 saturated carbocycles. The number of hydrogen-bond acceptors (Lipinski definition) is 7. The lowest BCUT2D eigenvalue weighted by Gasteiger charge is -2.12. The number of aromatic nitrogens is 2. The Morgan fingerprint density at radius 1 is 0.971 bits per heavy atom. The average Bonchev–Trinajstić information content (AvgIpc) is 2.83. The van der Waals surface area contributed by atoms with Gasteiger partial charge in [0.25, 0.3) is 5.56 Å². The van der Waals surface area contributed by atoms with Gasteiger partial charge in [-0.05, 0) is 48.5 Å². The van der Waals surface area contributed by atoms with Gasteiger partial charge < -0.3 is 24.8 Å². The Balaban J connectivity index is 1.66. The fraction of sp³-hybridized carbons (Fsp3) is 0.250. The first-order chi connectivity index (χ1) is 16.4. The lowest BCUT2D eigenvalue weighted by Crippen LogP contribution is -2.29. The van der Waals surface area contributed by atoms with Crippen molar-refractivity contribution in [1.82, 2.24) is 15.1 Å². The summed E-state index contributed by atoms with van der Waals surface area (Å²) in [6, 6.07) is 14.9. The fourth-order valence-electron chi connectivity index (χ4n) is 3.09. The van der Waals surface area contributed by atoms with E-state index < -0.39 is 11.5 Å². The normalized spacial score (nSPS) is 10.3. The van der Waals surface area contributed by atoms with Crippen LogP contribution < -0.4 is 30.4 Å². The molecule has 10 nitrogen and oxygen atoms in total. The van der Waals surface area contributed by atoms with Gasteiger partial charge in [-0.1, -0.05) is 0 Å². The molecule has 0 aliphatic rings. The van der Waals surface area contributed by atoms with E-state index in [9.17, 15) is 14.4 Å². The largest absolute Gasteiger partial charge is 0.497 e. The van der Waals surface area contributed by atoms with Crippen molar-refractivity contribution < 1.29 is 23.8 Å². The molecule has 2 amide bonds. The Bertz CT molecular complexity index is 1210. The van der Waals surface area contributed by atoms with Crippen LogP contribution in [0.5, 0.6) is 17.2 Å². The summed E-state index contributed by atoms with van der Waals surface area (Å²) in [4.78, 5) is 35.7. The van der Waals surface area contributed by atoms with E-state index in [2.05, 4.69) is 15.7 Å². The van der Waals surface area contributed by atoms with E-state index >= 15 is 0 Å². The van der Waals surface area contributed by atoms with Crippen LogP contribution in [0.2, 0.25) is 0 Å². The second kappa shape index (κ2) is 11.5. The molecule has 1 heterocycles. The Morgan fingerprint density at radius 2 is 1.71 bits per heavy atom. The van der Waals surface area contributed by atoms with E-state index in [1.807, 2.05) is 0 Å². The van der Waals surface area contributed by atoms with Crippen molar-refractivity contribution in [2.45, 2.75) is 13.5 Å². The molecule has 0 radical (unpaired) electrons. The molecule has 0 fully saturated rings. The van der Waals surface area contributed by atoms with Crippen molar-refractivity contribution >= 4 is 17.5 Å². The van der Waals surface area contributed by atoms with Crippen molar-refractivity contribution in [3.05, 3.63) is 65.0 Å². The number of amides is 2. The fourth-order valence-corrected chi connectivity index (χ4v) is 3.09. The van der Waals surface area contributed by atoms with Gasteiger partial charge in [0.15, 0.2) is 0 Å². The summed E-state index contributed by atoms with van der Waals surface area (Å²) in [6.07, 6.45) is 0. The third-order valence-electron chi connectivity index (χ3n) is 4.73. The van der Waals surface area contributed by atoms with Crippen molar-refractivity contribution in [3.63, 3.8) is 0 Å². The third-order valence-corrected chi connectivity index (χ3v) is 4.73. The highest BCUT2D eigenvalue weighted by molar-refractivity contribution is 5.90. The van der Waals surface area contributed by atoms with Crippen LogP contribution in [0.25, 0.3) is 11.3 Å². The first-order valence-electron chi connectivity index (χ1n) is 10.5. The molecule has 0 atom stereocenters. The van der Waals surface area contributed by atoms with Crippen LogP contribution in [-0.4, -0.2) is 49.0 Å². The molecule has 0 spiro atoms. The summed E-state index contributed by atoms with van der Waals surface area (Å²) in [5, 5.41) is 9.70. The average molecular weight is 466 g/mol. The SMILES string of the molecule is COc1ccc(OC)c(-c2ccc(=O)n(CC(=O)Nc3ccc(OCCNC(C)=O)cc3)n2)c1. The number of methoxy groups -OCH3 is 2. The standard InChI is InChI=1S/C24H26N4O6/c1-16(29)25-12-13-34-18-6-4-17(5-7-18)26-23(30)15-28-24(31)11-9-21(27-28)20-14-19(32-2)8-10-22(20)33-3/h4-11,14H,12-13,15H2,1-3H3,(H,25,29)(H,26,30). The summed E-state index contributed by atoms with van der Waals surface area (Å²) in [6.45, 7) is 1.89. The maximum Gasteiger partial charge on any atom is 0.267 e. The lowest BCUT2D eigenvalue weighted by molar-refractivity contribution is -0.119. The van der Waals surface area contributed by atoms with Gasteiger partial charge in [0.2, 0.25) is 11.8 Å². The smallest absolute Gasteiger partial charge is 0.267 e. The van der Waals surface area contributed by atoms with Crippen LogP contribution in [0.1, 0.15) is 6.92 Å².